The molecular formula is C24H23N2O3+. The summed E-state index contributed by atoms with van der Waals surface area (Å²) in [6, 6.07) is 19.2. The van der Waals surface area contributed by atoms with Crippen molar-refractivity contribution in [3.8, 4) is 22.5 Å². The quantitative estimate of drug-likeness (QED) is 0.208. The number of nitro benzene ring substituents is 1. The summed E-state index contributed by atoms with van der Waals surface area (Å²) in [4.78, 5) is 10.7. The van der Waals surface area contributed by atoms with E-state index in [0.29, 0.717) is 0 Å². The highest BCUT2D eigenvalue weighted by Crippen LogP contribution is 2.40. The van der Waals surface area contributed by atoms with Crippen molar-refractivity contribution in [1.82, 2.24) is 4.58 Å². The lowest BCUT2D eigenvalue weighted by Gasteiger charge is -2.15. The fourth-order valence-corrected chi connectivity index (χ4v) is 3.83. The molecule has 146 valence electrons. The molecule has 0 radical (unpaired) electrons. The molecule has 5 nitrogen and oxygen atoms in total. The normalized spacial score (nSPS) is 11.1. The van der Waals surface area contributed by atoms with Gasteiger partial charge in [-0.2, -0.15) is 0 Å². The molecule has 0 saturated heterocycles. The van der Waals surface area contributed by atoms with E-state index in [0.717, 1.165) is 57.4 Å². The molecular weight excluding hydrogens is 364 g/mol. The van der Waals surface area contributed by atoms with Crippen LogP contribution in [-0.2, 0) is 0 Å². The van der Waals surface area contributed by atoms with Gasteiger partial charge in [0.25, 0.3) is 5.69 Å². The molecule has 0 aromatic heterocycles. The molecule has 0 unspecified atom stereocenters. The van der Waals surface area contributed by atoms with Crippen LogP contribution < -0.4 is 9.93 Å². The van der Waals surface area contributed by atoms with Crippen LogP contribution in [0.25, 0.3) is 33.4 Å². The van der Waals surface area contributed by atoms with Crippen LogP contribution in [0, 0.1) is 17.0 Å². The summed E-state index contributed by atoms with van der Waals surface area (Å²) in [5, 5.41) is 13.2. The number of hydrogen-bond donors (Lipinski definition) is 0. The van der Waals surface area contributed by atoms with Crippen LogP contribution in [0.2, 0.25) is 0 Å². The molecule has 0 atom stereocenters. The average Bonchev–Trinajstić information content (AvgIpc) is 2.72. The van der Waals surface area contributed by atoms with E-state index in [1.807, 2.05) is 25.1 Å². The van der Waals surface area contributed by atoms with E-state index in [9.17, 15) is 10.1 Å². The molecule has 1 aliphatic carbocycles. The third-order valence-corrected chi connectivity index (χ3v) is 5.36. The van der Waals surface area contributed by atoms with Crippen molar-refractivity contribution in [2.24, 2.45) is 0 Å². The highest BCUT2D eigenvalue weighted by Gasteiger charge is 2.19. The van der Waals surface area contributed by atoms with Gasteiger partial charge in [0.1, 0.15) is 24.4 Å². The summed E-state index contributed by atoms with van der Waals surface area (Å²) >= 11 is 0. The minimum Gasteiger partial charge on any atom is -0.456 e. The first-order chi connectivity index (χ1) is 14.0. The van der Waals surface area contributed by atoms with Crippen molar-refractivity contribution in [3.63, 3.8) is 0 Å². The Morgan fingerprint density at radius 1 is 0.931 bits per heavy atom. The maximum Gasteiger partial charge on any atom is 0.269 e. The molecule has 1 aliphatic heterocycles. The standard InChI is InChI=1S/C24H23N2O3/c1-4-25(5-2)19-11-13-21-23(15-19)29-22-14-16(3)6-12-20(22)24(21)17-7-9-18(10-8-17)26(27)28/h6-15H,4-5H2,1-3H3/q+1. The lowest BCUT2D eigenvalue weighted by molar-refractivity contribution is -0.384. The van der Waals surface area contributed by atoms with Crippen LogP contribution in [-0.4, -0.2) is 18.0 Å². The molecule has 0 spiro atoms. The van der Waals surface area contributed by atoms with Gasteiger partial charge in [-0.25, -0.2) is 4.58 Å². The van der Waals surface area contributed by atoms with Gasteiger partial charge in [0.2, 0.25) is 5.36 Å². The van der Waals surface area contributed by atoms with Crippen molar-refractivity contribution >= 4 is 16.7 Å². The van der Waals surface area contributed by atoms with Gasteiger partial charge in [-0.1, -0.05) is 12.1 Å². The van der Waals surface area contributed by atoms with E-state index in [1.165, 1.54) is 0 Å². The summed E-state index contributed by atoms with van der Waals surface area (Å²) in [5.41, 5.74) is 4.97. The largest absolute Gasteiger partial charge is 0.456 e. The van der Waals surface area contributed by atoms with Gasteiger partial charge >= 0.3 is 0 Å². The Balaban J connectivity index is 2.07. The van der Waals surface area contributed by atoms with Crippen LogP contribution >= 0.6 is 0 Å². The first-order valence-corrected chi connectivity index (χ1v) is 9.81. The zero-order valence-corrected chi connectivity index (χ0v) is 16.8. The molecule has 0 N–H and O–H groups in total. The van der Waals surface area contributed by atoms with E-state index in [4.69, 9.17) is 4.42 Å². The van der Waals surface area contributed by atoms with E-state index >= 15 is 0 Å². The zero-order valence-electron chi connectivity index (χ0n) is 16.8. The molecule has 29 heavy (non-hydrogen) atoms. The molecule has 2 aromatic carbocycles. The van der Waals surface area contributed by atoms with Crippen molar-refractivity contribution < 1.29 is 9.34 Å². The molecule has 4 rings (SSSR count). The molecule has 2 aliphatic rings. The Morgan fingerprint density at radius 3 is 2.31 bits per heavy atom. The monoisotopic (exact) mass is 387 g/mol. The van der Waals surface area contributed by atoms with Crippen LogP contribution in [0.1, 0.15) is 19.4 Å². The number of aryl methyl sites for hydroxylation is 1. The van der Waals surface area contributed by atoms with Crippen LogP contribution in [0.3, 0.4) is 0 Å². The second-order valence-corrected chi connectivity index (χ2v) is 7.13. The Morgan fingerprint density at radius 2 is 1.66 bits per heavy atom. The minimum absolute atomic E-state index is 0.0858. The van der Waals surface area contributed by atoms with E-state index in [-0.39, 0.29) is 10.6 Å². The van der Waals surface area contributed by atoms with Crippen LogP contribution in [0.4, 0.5) is 5.69 Å². The van der Waals surface area contributed by atoms with Crippen molar-refractivity contribution in [2.45, 2.75) is 20.8 Å². The van der Waals surface area contributed by atoms with Gasteiger partial charge in [-0.05, 0) is 56.2 Å². The van der Waals surface area contributed by atoms with Gasteiger partial charge in [0, 0.05) is 34.7 Å². The topological polar surface area (TPSA) is 59.3 Å². The molecule has 1 heterocycles. The first kappa shape index (κ1) is 18.9. The Labute approximate surface area is 169 Å². The van der Waals surface area contributed by atoms with Crippen LogP contribution in [0.5, 0.6) is 0 Å². The number of hydrogen-bond acceptors (Lipinski definition) is 3. The van der Waals surface area contributed by atoms with Gasteiger partial charge in [-0.15, -0.1) is 0 Å². The average molecular weight is 387 g/mol. The fourth-order valence-electron chi connectivity index (χ4n) is 3.83. The molecule has 5 heteroatoms. The summed E-state index contributed by atoms with van der Waals surface area (Å²) in [6.07, 6.45) is 0. The predicted molar refractivity (Wildman–Crippen MR) is 116 cm³/mol. The Bertz CT molecular complexity index is 1250. The van der Waals surface area contributed by atoms with Crippen molar-refractivity contribution in [3.05, 3.63) is 81.7 Å². The van der Waals surface area contributed by atoms with E-state index in [2.05, 4.69) is 48.8 Å². The van der Waals surface area contributed by atoms with Crippen molar-refractivity contribution in [2.75, 3.05) is 13.1 Å². The Hall–Kier alpha value is -3.47. The molecule has 0 bridgehead atoms. The van der Waals surface area contributed by atoms with Crippen molar-refractivity contribution in [1.29, 1.82) is 0 Å². The highest BCUT2D eigenvalue weighted by molar-refractivity contribution is 6.01. The smallest absolute Gasteiger partial charge is 0.269 e. The summed E-state index contributed by atoms with van der Waals surface area (Å²) in [6.45, 7) is 8.15. The minimum atomic E-state index is -0.375. The predicted octanol–water partition coefficient (Wildman–Crippen LogP) is 5.23. The number of fused-ring (bicyclic) bond motifs is 2. The van der Waals surface area contributed by atoms with E-state index < -0.39 is 0 Å². The third-order valence-electron chi connectivity index (χ3n) is 5.36. The number of nitro groups is 1. The second-order valence-electron chi connectivity index (χ2n) is 7.13. The van der Waals surface area contributed by atoms with Crippen LogP contribution in [0.15, 0.2) is 65.1 Å². The number of benzene rings is 3. The summed E-state index contributed by atoms with van der Waals surface area (Å²) in [7, 11) is 0. The second kappa shape index (κ2) is 7.51. The molecule has 0 amide bonds. The number of non-ortho nitro benzene ring substituents is 1. The van der Waals surface area contributed by atoms with Gasteiger partial charge in [-0.3, -0.25) is 10.1 Å². The highest BCUT2D eigenvalue weighted by atomic mass is 16.6. The maximum absolute atomic E-state index is 11.1. The number of rotatable bonds is 4. The van der Waals surface area contributed by atoms with E-state index in [1.54, 1.807) is 12.1 Å². The van der Waals surface area contributed by atoms with Gasteiger partial charge < -0.3 is 4.42 Å². The SMILES string of the molecule is CC[N+](CC)=c1ccc2c(-c3ccc([N+](=O)[O-])cc3)c3ccc(C)cc3oc-2c1. The van der Waals surface area contributed by atoms with Gasteiger partial charge in [0.15, 0.2) is 0 Å². The maximum atomic E-state index is 11.1. The lowest BCUT2D eigenvalue weighted by Crippen LogP contribution is -2.29. The fraction of sp³-hybridized carbons (Fsp3) is 0.208. The lowest BCUT2D eigenvalue weighted by atomic mass is 9.93. The third kappa shape index (κ3) is 3.40. The Kier molecular flexibility index (Phi) is 4.89. The number of nitrogens with zero attached hydrogens (tertiary/aromatic N) is 2. The first-order valence-electron chi connectivity index (χ1n) is 9.81. The summed E-state index contributed by atoms with van der Waals surface area (Å²) in [5.74, 6) is 0.806. The molecule has 2 aromatic rings. The molecule has 0 fully saturated rings. The molecule has 0 saturated carbocycles. The van der Waals surface area contributed by atoms with Gasteiger partial charge in [0.05, 0.1) is 11.0 Å². The summed E-state index contributed by atoms with van der Waals surface area (Å²) < 4.78 is 8.57. The zero-order chi connectivity index (χ0) is 20.5.